The first kappa shape index (κ1) is 11.4. The van der Waals surface area contributed by atoms with Crippen molar-refractivity contribution in [2.45, 2.75) is 6.92 Å². The average molecular weight is 237 g/mol. The molecule has 17 heavy (non-hydrogen) atoms. The molecule has 0 unspecified atom stereocenters. The Morgan fingerprint density at radius 2 is 1.76 bits per heavy atom. The Morgan fingerprint density at radius 3 is 2.35 bits per heavy atom. The zero-order valence-corrected chi connectivity index (χ0v) is 9.76. The van der Waals surface area contributed by atoms with Gasteiger partial charge in [-0.15, -0.1) is 0 Å². The van der Waals surface area contributed by atoms with Crippen molar-refractivity contribution < 1.29 is 13.9 Å². The minimum absolute atomic E-state index is 0.296. The third-order valence-electron chi connectivity index (χ3n) is 2.70. The Morgan fingerprint density at radius 1 is 1.18 bits per heavy atom. The van der Waals surface area contributed by atoms with E-state index in [0.717, 1.165) is 0 Å². The number of fused-ring (bicyclic) bond motifs is 1. The van der Waals surface area contributed by atoms with E-state index in [2.05, 4.69) is 4.98 Å². The van der Waals surface area contributed by atoms with Crippen LogP contribution in [0.5, 0.6) is 11.5 Å². The summed E-state index contributed by atoms with van der Waals surface area (Å²) < 4.78 is 23.7. The van der Waals surface area contributed by atoms with Crippen molar-refractivity contribution in [3.8, 4) is 11.5 Å². The number of aromatic nitrogens is 1. The van der Waals surface area contributed by atoms with Gasteiger partial charge in [-0.05, 0) is 18.6 Å². The lowest BCUT2D eigenvalue weighted by Crippen LogP contribution is -2.12. The van der Waals surface area contributed by atoms with Gasteiger partial charge in [-0.3, -0.25) is 4.79 Å². The van der Waals surface area contributed by atoms with Crippen molar-refractivity contribution in [2.24, 2.45) is 0 Å². The zero-order chi connectivity index (χ0) is 12.6. The molecule has 1 heterocycles. The first-order chi connectivity index (χ1) is 8.08. The summed E-state index contributed by atoms with van der Waals surface area (Å²) in [4.78, 5) is 13.8. The molecule has 2 aromatic rings. The highest BCUT2D eigenvalue weighted by Crippen LogP contribution is 2.32. The van der Waals surface area contributed by atoms with Gasteiger partial charge in [0, 0.05) is 11.5 Å². The van der Waals surface area contributed by atoms with Gasteiger partial charge in [-0.25, -0.2) is 4.39 Å². The minimum atomic E-state index is -0.773. The number of hydrogen-bond donors (Lipinski definition) is 1. The van der Waals surface area contributed by atoms with Gasteiger partial charge >= 0.3 is 0 Å². The van der Waals surface area contributed by atoms with E-state index in [-0.39, 0.29) is 0 Å². The van der Waals surface area contributed by atoms with E-state index in [0.29, 0.717) is 28.0 Å². The molecule has 0 spiro atoms. The molecule has 0 aliphatic carbocycles. The maximum Gasteiger partial charge on any atom is 0.284 e. The molecule has 2 rings (SSSR count). The summed E-state index contributed by atoms with van der Waals surface area (Å²) in [6.45, 7) is 1.55. The van der Waals surface area contributed by atoms with Crippen molar-refractivity contribution in [3.05, 3.63) is 33.9 Å². The number of pyridine rings is 1. The van der Waals surface area contributed by atoms with E-state index < -0.39 is 11.4 Å². The van der Waals surface area contributed by atoms with Crippen molar-refractivity contribution in [2.75, 3.05) is 14.2 Å². The van der Waals surface area contributed by atoms with Crippen LogP contribution in [0.3, 0.4) is 0 Å². The Labute approximate surface area is 97.0 Å². The van der Waals surface area contributed by atoms with Crippen molar-refractivity contribution in [1.29, 1.82) is 0 Å². The number of rotatable bonds is 2. The molecule has 1 aromatic carbocycles. The molecular formula is C12H12FNO3. The normalized spacial score (nSPS) is 10.6. The third kappa shape index (κ3) is 1.73. The van der Waals surface area contributed by atoms with E-state index in [9.17, 15) is 9.18 Å². The second-order valence-electron chi connectivity index (χ2n) is 3.65. The fourth-order valence-electron chi connectivity index (χ4n) is 1.76. The Bertz CT molecular complexity index is 634. The van der Waals surface area contributed by atoms with E-state index in [1.807, 2.05) is 0 Å². The number of ether oxygens (including phenoxy) is 2. The smallest absolute Gasteiger partial charge is 0.284 e. The van der Waals surface area contributed by atoms with E-state index in [1.165, 1.54) is 14.2 Å². The fraction of sp³-hybridized carbons (Fsp3) is 0.250. The molecule has 4 nitrogen and oxygen atoms in total. The fourth-order valence-corrected chi connectivity index (χ4v) is 1.76. The van der Waals surface area contributed by atoms with Gasteiger partial charge in [0.25, 0.3) is 5.56 Å². The first-order valence-corrected chi connectivity index (χ1v) is 5.02. The summed E-state index contributed by atoms with van der Waals surface area (Å²) in [6, 6.07) is 3.25. The Kier molecular flexibility index (Phi) is 2.75. The van der Waals surface area contributed by atoms with Crippen molar-refractivity contribution in [3.63, 3.8) is 0 Å². The Hall–Kier alpha value is -2.04. The van der Waals surface area contributed by atoms with Gasteiger partial charge in [0.1, 0.15) is 0 Å². The number of H-pyrrole nitrogens is 1. The highest BCUT2D eigenvalue weighted by atomic mass is 19.1. The maximum atomic E-state index is 13.5. The van der Waals surface area contributed by atoms with Crippen LogP contribution in [-0.4, -0.2) is 19.2 Å². The van der Waals surface area contributed by atoms with E-state index >= 15 is 0 Å². The lowest BCUT2D eigenvalue weighted by Gasteiger charge is -2.10. The van der Waals surface area contributed by atoms with Crippen LogP contribution in [0, 0.1) is 12.7 Å². The molecule has 0 radical (unpaired) electrons. The number of benzene rings is 1. The highest BCUT2D eigenvalue weighted by molar-refractivity contribution is 5.85. The first-order valence-electron chi connectivity index (χ1n) is 5.02. The molecule has 1 N–H and O–H groups in total. The van der Waals surface area contributed by atoms with Gasteiger partial charge in [0.05, 0.1) is 19.7 Å². The SMILES string of the molecule is COc1cc2[nH]c(=O)c(F)c(C)c2cc1OC. The van der Waals surface area contributed by atoms with E-state index in [4.69, 9.17) is 9.47 Å². The standard InChI is InChI=1S/C12H12FNO3/c1-6-7-4-9(16-2)10(17-3)5-8(7)14-12(15)11(6)13/h4-5H,1-3H3,(H,14,15). The van der Waals surface area contributed by atoms with Crippen molar-refractivity contribution in [1.82, 2.24) is 4.98 Å². The third-order valence-corrected chi connectivity index (χ3v) is 2.70. The second-order valence-corrected chi connectivity index (χ2v) is 3.65. The number of hydrogen-bond acceptors (Lipinski definition) is 3. The van der Waals surface area contributed by atoms with Gasteiger partial charge in [0.2, 0.25) is 0 Å². The molecule has 1 aromatic heterocycles. The number of nitrogens with one attached hydrogen (secondary N) is 1. The summed E-state index contributed by atoms with van der Waals surface area (Å²) in [7, 11) is 3.00. The molecule has 0 saturated heterocycles. The largest absolute Gasteiger partial charge is 0.493 e. The predicted octanol–water partition coefficient (Wildman–Crippen LogP) is 1.99. The molecule has 0 fully saturated rings. The topological polar surface area (TPSA) is 51.3 Å². The second kappa shape index (κ2) is 4.08. The van der Waals surface area contributed by atoms with Crippen LogP contribution in [0.4, 0.5) is 4.39 Å². The zero-order valence-electron chi connectivity index (χ0n) is 9.76. The van der Waals surface area contributed by atoms with Gasteiger partial charge in [0.15, 0.2) is 17.3 Å². The quantitative estimate of drug-likeness (QED) is 0.869. The van der Waals surface area contributed by atoms with Gasteiger partial charge in [-0.2, -0.15) is 0 Å². The predicted molar refractivity (Wildman–Crippen MR) is 62.4 cm³/mol. The molecule has 5 heteroatoms. The molecule has 0 amide bonds. The van der Waals surface area contributed by atoms with Gasteiger partial charge in [-0.1, -0.05) is 0 Å². The van der Waals surface area contributed by atoms with Crippen LogP contribution < -0.4 is 15.0 Å². The highest BCUT2D eigenvalue weighted by Gasteiger charge is 2.12. The average Bonchev–Trinajstić information content (AvgIpc) is 2.34. The number of aryl methyl sites for hydroxylation is 1. The van der Waals surface area contributed by atoms with E-state index in [1.54, 1.807) is 19.1 Å². The number of aromatic amines is 1. The molecule has 0 aliphatic heterocycles. The summed E-state index contributed by atoms with van der Waals surface area (Å²) in [5.74, 6) is 0.209. The monoisotopic (exact) mass is 237 g/mol. The molecule has 0 atom stereocenters. The van der Waals surface area contributed by atoms with Crippen LogP contribution in [-0.2, 0) is 0 Å². The van der Waals surface area contributed by atoms with Gasteiger partial charge < -0.3 is 14.5 Å². The summed E-state index contributed by atoms with van der Waals surface area (Å²) in [5, 5.41) is 0.597. The van der Waals surface area contributed by atoms with Crippen LogP contribution in [0.15, 0.2) is 16.9 Å². The molecule has 0 aliphatic rings. The maximum absolute atomic E-state index is 13.5. The van der Waals surface area contributed by atoms with Crippen LogP contribution in [0.1, 0.15) is 5.56 Å². The number of halogens is 1. The summed E-state index contributed by atoms with van der Waals surface area (Å²) in [6.07, 6.45) is 0. The molecule has 0 bridgehead atoms. The molecular weight excluding hydrogens is 225 g/mol. The van der Waals surface area contributed by atoms with Crippen LogP contribution in [0.2, 0.25) is 0 Å². The van der Waals surface area contributed by atoms with Crippen LogP contribution in [0.25, 0.3) is 10.9 Å². The van der Waals surface area contributed by atoms with Crippen molar-refractivity contribution >= 4 is 10.9 Å². The molecule has 90 valence electrons. The summed E-state index contributed by atoms with van der Waals surface area (Å²) in [5.41, 5.74) is 0.0819. The number of methoxy groups -OCH3 is 2. The summed E-state index contributed by atoms with van der Waals surface area (Å²) >= 11 is 0. The minimum Gasteiger partial charge on any atom is -0.493 e. The lowest BCUT2D eigenvalue weighted by molar-refractivity contribution is 0.355. The molecule has 0 saturated carbocycles. The Balaban J connectivity index is 2.88. The van der Waals surface area contributed by atoms with Crippen LogP contribution >= 0.6 is 0 Å². The lowest BCUT2D eigenvalue weighted by atomic mass is 10.1.